The van der Waals surface area contributed by atoms with Crippen LogP contribution in [0.4, 0.5) is 5.69 Å². The van der Waals surface area contributed by atoms with Crippen molar-refractivity contribution in [1.29, 1.82) is 0 Å². The van der Waals surface area contributed by atoms with Crippen molar-refractivity contribution < 1.29 is 8.76 Å². The summed E-state index contributed by atoms with van der Waals surface area (Å²) in [4.78, 5) is 2.21. The van der Waals surface area contributed by atoms with Crippen LogP contribution in [0, 0.1) is 0 Å². The molecule has 0 aromatic carbocycles. The van der Waals surface area contributed by atoms with E-state index >= 15 is 0 Å². The smallest absolute Gasteiger partial charge is 0.276 e. The maximum absolute atomic E-state index is 11.4. The average Bonchev–Trinajstić information content (AvgIpc) is 2.72. The van der Waals surface area contributed by atoms with Crippen molar-refractivity contribution >= 4 is 17.0 Å². The molecule has 1 saturated heterocycles. The number of hydrazine groups is 1. The van der Waals surface area contributed by atoms with E-state index in [-0.39, 0.29) is 6.04 Å². The Morgan fingerprint density at radius 3 is 2.94 bits per heavy atom. The number of piperidine rings is 1. The molecule has 0 radical (unpaired) electrons. The summed E-state index contributed by atoms with van der Waals surface area (Å²) in [5.74, 6) is 0. The molecule has 1 aromatic rings. The first-order chi connectivity index (χ1) is 8.56. The Morgan fingerprint density at radius 2 is 2.39 bits per heavy atom. The Balaban J connectivity index is 2.04. The van der Waals surface area contributed by atoms with Crippen LogP contribution in [0.2, 0.25) is 0 Å². The maximum Gasteiger partial charge on any atom is 0.276 e. The molecule has 1 aromatic heterocycles. The standard InChI is InChI=1S/C10H19N5O2S/c1-13-5-3-4-9(7-13)12-15(18(16)17)10-6-11-14(2)8-10/h6,8-9,12H,3-5,7H2,1-2H3,(H,16,17)/t9-/m0/s1. The van der Waals surface area contributed by atoms with Gasteiger partial charge < -0.3 is 4.90 Å². The van der Waals surface area contributed by atoms with E-state index < -0.39 is 11.3 Å². The lowest BCUT2D eigenvalue weighted by Crippen LogP contribution is -2.52. The molecule has 0 aliphatic carbocycles. The van der Waals surface area contributed by atoms with Gasteiger partial charge in [-0.25, -0.2) is 9.63 Å². The van der Waals surface area contributed by atoms with Gasteiger partial charge in [0.05, 0.1) is 12.4 Å². The normalized spacial score (nSPS) is 22.9. The molecule has 1 fully saturated rings. The second kappa shape index (κ2) is 5.79. The quantitative estimate of drug-likeness (QED) is 0.595. The van der Waals surface area contributed by atoms with Gasteiger partial charge in [-0.1, -0.05) is 0 Å². The number of anilines is 1. The summed E-state index contributed by atoms with van der Waals surface area (Å²) in [6.07, 6.45) is 5.35. The van der Waals surface area contributed by atoms with E-state index in [1.807, 2.05) is 0 Å². The van der Waals surface area contributed by atoms with Gasteiger partial charge in [-0.05, 0) is 26.4 Å². The highest BCUT2D eigenvalue weighted by Gasteiger charge is 2.22. The van der Waals surface area contributed by atoms with Crippen LogP contribution in [0.5, 0.6) is 0 Å². The monoisotopic (exact) mass is 273 g/mol. The molecule has 0 amide bonds. The third kappa shape index (κ3) is 3.29. The van der Waals surface area contributed by atoms with Gasteiger partial charge in [0.1, 0.15) is 5.69 Å². The van der Waals surface area contributed by atoms with Gasteiger partial charge in [0.2, 0.25) is 0 Å². The molecule has 2 N–H and O–H groups in total. The Hall–Kier alpha value is -0.960. The predicted molar refractivity (Wildman–Crippen MR) is 70.1 cm³/mol. The first-order valence-corrected chi connectivity index (χ1v) is 6.97. The fraction of sp³-hybridized carbons (Fsp3) is 0.700. The number of likely N-dealkylation sites (N-methyl/N-ethyl adjacent to an activating group) is 1. The van der Waals surface area contributed by atoms with E-state index in [0.29, 0.717) is 5.69 Å². The van der Waals surface area contributed by atoms with Crippen molar-refractivity contribution in [2.45, 2.75) is 18.9 Å². The zero-order valence-corrected chi connectivity index (χ0v) is 11.4. The Morgan fingerprint density at radius 1 is 1.61 bits per heavy atom. The fourth-order valence-electron chi connectivity index (χ4n) is 2.16. The SMILES string of the molecule is CN1CCC[C@H](NN(c2cnn(C)c2)S(=O)O)C1. The van der Waals surface area contributed by atoms with E-state index in [0.717, 1.165) is 25.9 Å². The molecule has 2 atom stereocenters. The first-order valence-electron chi connectivity index (χ1n) is 5.90. The van der Waals surface area contributed by atoms with E-state index in [2.05, 4.69) is 22.5 Å². The van der Waals surface area contributed by atoms with Crippen molar-refractivity contribution in [3.8, 4) is 0 Å². The minimum absolute atomic E-state index is 0.181. The summed E-state index contributed by atoms with van der Waals surface area (Å²) in [5, 5.41) is 4.01. The van der Waals surface area contributed by atoms with Crippen LogP contribution in [-0.2, 0) is 18.3 Å². The average molecular weight is 273 g/mol. The van der Waals surface area contributed by atoms with Crippen molar-refractivity contribution in [2.24, 2.45) is 7.05 Å². The molecule has 1 unspecified atom stereocenters. The van der Waals surface area contributed by atoms with Gasteiger partial charge in [-0.15, -0.1) is 0 Å². The fourth-order valence-corrected chi connectivity index (χ4v) is 2.67. The van der Waals surface area contributed by atoms with Crippen LogP contribution in [-0.4, -0.2) is 49.6 Å². The van der Waals surface area contributed by atoms with Crippen molar-refractivity contribution in [1.82, 2.24) is 20.1 Å². The highest BCUT2D eigenvalue weighted by Crippen LogP contribution is 2.15. The number of hydrogen-bond acceptors (Lipinski definition) is 4. The van der Waals surface area contributed by atoms with E-state index in [9.17, 15) is 8.76 Å². The molecule has 2 rings (SSSR count). The molecule has 18 heavy (non-hydrogen) atoms. The number of rotatable bonds is 4. The number of likely N-dealkylation sites (tertiary alicyclic amines) is 1. The zero-order chi connectivity index (χ0) is 13.1. The topological polar surface area (TPSA) is 73.6 Å². The lowest BCUT2D eigenvalue weighted by atomic mass is 10.1. The van der Waals surface area contributed by atoms with Crippen LogP contribution in [0.1, 0.15) is 12.8 Å². The summed E-state index contributed by atoms with van der Waals surface area (Å²) < 4.78 is 23.6. The summed E-state index contributed by atoms with van der Waals surface area (Å²) in [6.45, 7) is 1.95. The largest absolute Gasteiger partial charge is 0.305 e. The minimum atomic E-state index is -2.10. The molecular weight excluding hydrogens is 254 g/mol. The number of nitrogens with one attached hydrogen (secondary N) is 1. The summed E-state index contributed by atoms with van der Waals surface area (Å²) in [6, 6.07) is 0.181. The minimum Gasteiger partial charge on any atom is -0.305 e. The van der Waals surface area contributed by atoms with Crippen LogP contribution in [0.15, 0.2) is 12.4 Å². The summed E-state index contributed by atoms with van der Waals surface area (Å²) in [5.41, 5.74) is 3.69. The molecule has 1 aliphatic heterocycles. The van der Waals surface area contributed by atoms with E-state index in [1.165, 1.54) is 4.41 Å². The van der Waals surface area contributed by atoms with Crippen molar-refractivity contribution in [2.75, 3.05) is 24.6 Å². The predicted octanol–water partition coefficient (Wildman–Crippen LogP) is -0.0380. The highest BCUT2D eigenvalue weighted by molar-refractivity contribution is 7.80. The lowest BCUT2D eigenvalue weighted by molar-refractivity contribution is 0.229. The molecule has 2 heterocycles. The molecule has 102 valence electrons. The molecule has 0 bridgehead atoms. The van der Waals surface area contributed by atoms with Crippen molar-refractivity contribution in [3.05, 3.63) is 12.4 Å². The maximum atomic E-state index is 11.4. The van der Waals surface area contributed by atoms with Crippen molar-refractivity contribution in [3.63, 3.8) is 0 Å². The van der Waals surface area contributed by atoms with Crippen LogP contribution >= 0.6 is 0 Å². The van der Waals surface area contributed by atoms with Crippen LogP contribution in [0.3, 0.4) is 0 Å². The summed E-state index contributed by atoms with van der Waals surface area (Å²) >= 11 is -2.10. The Kier molecular flexibility index (Phi) is 4.33. The van der Waals surface area contributed by atoms with E-state index in [1.54, 1.807) is 24.1 Å². The molecule has 8 heteroatoms. The summed E-state index contributed by atoms with van der Waals surface area (Å²) in [7, 11) is 3.83. The molecular formula is C10H19N5O2S. The van der Waals surface area contributed by atoms with Gasteiger partial charge in [0.15, 0.2) is 0 Å². The highest BCUT2D eigenvalue weighted by atomic mass is 32.2. The van der Waals surface area contributed by atoms with Crippen LogP contribution < -0.4 is 9.84 Å². The van der Waals surface area contributed by atoms with Crippen LogP contribution in [0.25, 0.3) is 0 Å². The number of hydrogen-bond donors (Lipinski definition) is 2. The second-order valence-corrected chi connectivity index (χ2v) is 5.45. The van der Waals surface area contributed by atoms with Gasteiger partial charge in [-0.3, -0.25) is 9.23 Å². The van der Waals surface area contributed by atoms with Gasteiger partial charge >= 0.3 is 0 Å². The third-order valence-corrected chi connectivity index (χ3v) is 3.63. The van der Waals surface area contributed by atoms with Gasteiger partial charge in [-0.2, -0.15) is 9.51 Å². The third-order valence-electron chi connectivity index (χ3n) is 3.01. The number of aryl methyl sites for hydroxylation is 1. The van der Waals surface area contributed by atoms with Gasteiger partial charge in [0, 0.05) is 19.6 Å². The number of nitrogens with zero attached hydrogens (tertiary/aromatic N) is 4. The molecule has 0 spiro atoms. The second-order valence-electron chi connectivity index (χ2n) is 4.63. The molecule has 1 aliphatic rings. The molecule has 0 saturated carbocycles. The lowest BCUT2D eigenvalue weighted by Gasteiger charge is -2.33. The first kappa shape index (κ1) is 13.5. The number of aromatic nitrogens is 2. The Bertz CT molecular complexity index is 424. The van der Waals surface area contributed by atoms with E-state index in [4.69, 9.17) is 0 Å². The molecule has 7 nitrogen and oxygen atoms in total. The zero-order valence-electron chi connectivity index (χ0n) is 10.6. The van der Waals surface area contributed by atoms with Gasteiger partial charge in [0.25, 0.3) is 11.3 Å². The Labute approximate surface area is 109 Å².